The Labute approximate surface area is 350 Å². The first-order valence-corrected chi connectivity index (χ1v) is 20.9. The van der Waals surface area contributed by atoms with E-state index in [4.69, 9.17) is 28.9 Å². The maximum absolute atomic E-state index is 6.01. The van der Waals surface area contributed by atoms with Gasteiger partial charge >= 0.3 is 0 Å². The molecule has 0 saturated carbocycles. The van der Waals surface area contributed by atoms with Gasteiger partial charge in [-0.3, -0.25) is 0 Å². The fourth-order valence-corrected chi connectivity index (χ4v) is 5.03. The highest BCUT2D eigenvalue weighted by molar-refractivity contribution is 7.84. The molecule has 54 heavy (non-hydrogen) atoms. The number of anilines is 1. The van der Waals surface area contributed by atoms with Gasteiger partial charge in [0.2, 0.25) is 0 Å². The summed E-state index contributed by atoms with van der Waals surface area (Å²) in [6.45, 7) is 40.2. The molecule has 3 aromatic carbocycles. The minimum absolute atomic E-state index is 0.600. The molecule has 0 aliphatic rings. The normalized spacial score (nSPS) is 10.5. The number of thiol groups is 1. The van der Waals surface area contributed by atoms with E-state index in [0.29, 0.717) is 10.9 Å². The van der Waals surface area contributed by atoms with Crippen molar-refractivity contribution >= 4 is 47.1 Å². The Kier molecular flexibility index (Phi) is 35.5. The van der Waals surface area contributed by atoms with Gasteiger partial charge in [0.25, 0.3) is 0 Å². The fraction of sp³-hybridized carbons (Fsp3) is 0.440. The molecule has 3 rings (SSSR count). The van der Waals surface area contributed by atoms with Gasteiger partial charge in [-0.25, -0.2) is 0 Å². The molecule has 3 aromatic rings. The summed E-state index contributed by atoms with van der Waals surface area (Å²) in [5, 5.41) is 1.62. The molecule has 0 spiro atoms. The van der Waals surface area contributed by atoms with E-state index < -0.39 is 0 Å². The Morgan fingerprint density at radius 1 is 0.759 bits per heavy atom. The maximum atomic E-state index is 6.01. The largest absolute Gasteiger partial charge is 0.398 e. The molecule has 0 radical (unpaired) electrons. The molecule has 4 heteroatoms. The summed E-state index contributed by atoms with van der Waals surface area (Å²) >= 11 is 15.6. The monoisotopic (exact) mass is 794 g/mol. The van der Waals surface area contributed by atoms with Gasteiger partial charge in [-0.1, -0.05) is 162 Å². The standard InChI is InChI=1S/C13H18.C10H13Cl.C9H12ClN.C9H16.C5H10.C4H8S/c1-4-8-12(5-2)13-10-7-6-9-11(13)3;1-3-4-9-6-5-8(2)7-10(9)11;1-2-3-7-4-5-8(10)6-9(7)11;1-7(2)6-9(5)8(3)4;1-4-5(2)3;1-3-4(2)5/h5-7,9-10H,4,8H2,1-3H3;5-7H,3-4H2,1-2H3;4-6H,2-3,11H2,1H3;9H,1,3,6H2,2,4-5H3;2,4H2,1,3H3;5H,2-3H2,1H3/b12-5-;;;;;. The number of benzene rings is 3. The average molecular weight is 795 g/mol. The van der Waals surface area contributed by atoms with E-state index in [0.717, 1.165) is 60.6 Å². The Hall–Kier alpha value is -2.91. The molecule has 0 aromatic heterocycles. The molecule has 0 heterocycles. The van der Waals surface area contributed by atoms with Crippen LogP contribution in [0, 0.1) is 19.8 Å². The van der Waals surface area contributed by atoms with Crippen LogP contribution in [0.4, 0.5) is 5.69 Å². The zero-order chi connectivity index (χ0) is 42.2. The first kappa shape index (κ1) is 55.4. The zero-order valence-corrected chi connectivity index (χ0v) is 38.8. The van der Waals surface area contributed by atoms with E-state index in [1.165, 1.54) is 63.0 Å². The summed E-state index contributed by atoms with van der Waals surface area (Å²) in [5.41, 5.74) is 18.2. The molecule has 0 amide bonds. The molecule has 1 atom stereocenters. The van der Waals surface area contributed by atoms with Crippen LogP contribution in [-0.4, -0.2) is 0 Å². The molecular weight excluding hydrogens is 718 g/mol. The summed E-state index contributed by atoms with van der Waals surface area (Å²) in [6.07, 6.45) is 12.2. The quantitative estimate of drug-likeness (QED) is 0.107. The van der Waals surface area contributed by atoms with Crippen molar-refractivity contribution < 1.29 is 0 Å². The van der Waals surface area contributed by atoms with E-state index in [-0.39, 0.29) is 0 Å². The molecule has 0 aliphatic heterocycles. The number of halogens is 2. The number of allylic oxidation sites excluding steroid dienone is 6. The van der Waals surface area contributed by atoms with Crippen LogP contribution in [0.25, 0.3) is 5.57 Å². The molecule has 0 aliphatic carbocycles. The van der Waals surface area contributed by atoms with Gasteiger partial charge in [-0.05, 0) is 142 Å². The molecule has 2 N–H and O–H groups in total. The number of nitrogen functional groups attached to an aromatic ring is 1. The second-order valence-corrected chi connectivity index (χ2v) is 15.4. The van der Waals surface area contributed by atoms with E-state index in [1.807, 2.05) is 32.0 Å². The molecule has 302 valence electrons. The topological polar surface area (TPSA) is 26.0 Å². The minimum Gasteiger partial charge on any atom is -0.398 e. The maximum Gasteiger partial charge on any atom is 0.0440 e. The van der Waals surface area contributed by atoms with Crippen molar-refractivity contribution in [3.05, 3.63) is 153 Å². The fourth-order valence-electron chi connectivity index (χ4n) is 4.52. The summed E-state index contributed by atoms with van der Waals surface area (Å²) in [6, 6.07) is 20.5. The van der Waals surface area contributed by atoms with Crippen molar-refractivity contribution in [1.82, 2.24) is 0 Å². The first-order valence-electron chi connectivity index (χ1n) is 19.7. The van der Waals surface area contributed by atoms with Crippen LogP contribution in [0.2, 0.25) is 10.0 Å². The van der Waals surface area contributed by atoms with Gasteiger partial charge < -0.3 is 5.73 Å². The number of nitrogens with two attached hydrogens (primary N) is 1. The predicted octanol–water partition coefficient (Wildman–Crippen LogP) is 17.7. The molecule has 0 bridgehead atoms. The minimum atomic E-state index is 0.600. The smallest absolute Gasteiger partial charge is 0.0440 e. The third-order valence-electron chi connectivity index (χ3n) is 8.22. The van der Waals surface area contributed by atoms with E-state index in [2.05, 4.69) is 151 Å². The highest BCUT2D eigenvalue weighted by atomic mass is 35.5. The molecular formula is C50H77Cl2NS. The SMILES string of the molecule is C/C=C(/CCC)c1ccccc1C.C=C(C)CC.C=C(C)CC(C)C(=C)C.C=C(S)CC.CCCc1ccc(C)cc1Cl.CCCc1ccc(Cl)cc1N. The van der Waals surface area contributed by atoms with Crippen molar-refractivity contribution in [2.45, 2.75) is 141 Å². The number of hydrogen-bond acceptors (Lipinski definition) is 2. The van der Waals surface area contributed by atoms with Crippen LogP contribution in [-0.2, 0) is 12.8 Å². The second-order valence-electron chi connectivity index (χ2n) is 14.0. The Morgan fingerprint density at radius 2 is 1.28 bits per heavy atom. The van der Waals surface area contributed by atoms with Gasteiger partial charge in [0.05, 0.1) is 0 Å². The van der Waals surface area contributed by atoms with Crippen LogP contribution in [0.15, 0.2) is 115 Å². The summed E-state index contributed by atoms with van der Waals surface area (Å²) in [4.78, 5) is 0.949. The summed E-state index contributed by atoms with van der Waals surface area (Å²) < 4.78 is 0. The van der Waals surface area contributed by atoms with Crippen molar-refractivity contribution in [1.29, 1.82) is 0 Å². The molecule has 0 saturated heterocycles. The lowest BCUT2D eigenvalue weighted by molar-refractivity contribution is 0.676. The lowest BCUT2D eigenvalue weighted by Crippen LogP contribution is -1.94. The van der Waals surface area contributed by atoms with Crippen LogP contribution in [0.1, 0.15) is 142 Å². The van der Waals surface area contributed by atoms with E-state index >= 15 is 0 Å². The van der Waals surface area contributed by atoms with Gasteiger partial charge in [0.1, 0.15) is 0 Å². The third kappa shape index (κ3) is 30.4. The van der Waals surface area contributed by atoms with Gasteiger partial charge in [-0.2, -0.15) is 0 Å². The van der Waals surface area contributed by atoms with Gasteiger partial charge in [0.15, 0.2) is 0 Å². The third-order valence-corrected chi connectivity index (χ3v) is 9.12. The van der Waals surface area contributed by atoms with Crippen LogP contribution in [0.3, 0.4) is 0 Å². The molecule has 0 fully saturated rings. The summed E-state index contributed by atoms with van der Waals surface area (Å²) in [7, 11) is 0. The molecule has 1 nitrogen and oxygen atoms in total. The Balaban J connectivity index is -0.000000597. The van der Waals surface area contributed by atoms with Gasteiger partial charge in [-0.15, -0.1) is 25.8 Å². The van der Waals surface area contributed by atoms with Crippen LogP contribution < -0.4 is 5.73 Å². The van der Waals surface area contributed by atoms with Crippen molar-refractivity contribution in [2.75, 3.05) is 5.73 Å². The average Bonchev–Trinajstić information content (AvgIpc) is 3.11. The van der Waals surface area contributed by atoms with Crippen molar-refractivity contribution in [2.24, 2.45) is 5.92 Å². The summed E-state index contributed by atoms with van der Waals surface area (Å²) in [5.74, 6) is 0.600. The molecule has 1 unspecified atom stereocenters. The van der Waals surface area contributed by atoms with Crippen molar-refractivity contribution in [3.8, 4) is 0 Å². The lowest BCUT2D eigenvalue weighted by atomic mass is 9.97. The van der Waals surface area contributed by atoms with E-state index in [9.17, 15) is 0 Å². The predicted molar refractivity (Wildman–Crippen MR) is 257 cm³/mol. The highest BCUT2D eigenvalue weighted by Crippen LogP contribution is 2.23. The zero-order valence-electron chi connectivity index (χ0n) is 36.4. The van der Waals surface area contributed by atoms with Crippen LogP contribution >= 0.6 is 35.8 Å². The van der Waals surface area contributed by atoms with E-state index in [1.54, 1.807) is 6.07 Å². The number of aryl methyl sites for hydroxylation is 4. The van der Waals surface area contributed by atoms with Crippen LogP contribution in [0.5, 0.6) is 0 Å². The highest BCUT2D eigenvalue weighted by Gasteiger charge is 2.02. The van der Waals surface area contributed by atoms with Gasteiger partial charge in [0, 0.05) is 15.7 Å². The Morgan fingerprint density at radius 3 is 1.65 bits per heavy atom. The lowest BCUT2D eigenvalue weighted by Gasteiger charge is -2.09. The number of rotatable bonds is 12. The first-order chi connectivity index (χ1) is 25.3. The number of hydrogen-bond donors (Lipinski definition) is 2. The van der Waals surface area contributed by atoms with Crippen molar-refractivity contribution in [3.63, 3.8) is 0 Å². The second kappa shape index (κ2) is 34.6. The Bertz CT molecular complexity index is 1460.